The number of rotatable bonds is 8. The van der Waals surface area contributed by atoms with Gasteiger partial charge in [0.2, 0.25) is 10.0 Å². The number of hydrogen-bond donors (Lipinski definition) is 2. The summed E-state index contributed by atoms with van der Waals surface area (Å²) >= 11 is 0. The van der Waals surface area contributed by atoms with Gasteiger partial charge in [-0.1, -0.05) is 36.4 Å². The fraction of sp³-hybridized carbons (Fsp3) is 0.591. The van der Waals surface area contributed by atoms with Crippen LogP contribution in [-0.2, 0) is 14.8 Å². The second-order valence-electron chi connectivity index (χ2n) is 7.68. The van der Waals surface area contributed by atoms with Crippen molar-refractivity contribution in [3.63, 3.8) is 0 Å². The van der Waals surface area contributed by atoms with Crippen LogP contribution in [0.15, 0.2) is 41.4 Å². The maximum absolute atomic E-state index is 12.3. The molecule has 1 aromatic rings. The van der Waals surface area contributed by atoms with E-state index in [4.69, 9.17) is 4.74 Å². The summed E-state index contributed by atoms with van der Waals surface area (Å²) < 4.78 is 32.9. The highest BCUT2D eigenvalue weighted by Crippen LogP contribution is 2.22. The van der Waals surface area contributed by atoms with Gasteiger partial charge in [-0.2, -0.15) is 0 Å². The van der Waals surface area contributed by atoms with Gasteiger partial charge in [-0.25, -0.2) is 13.1 Å². The Morgan fingerprint density at radius 2 is 2.10 bits per heavy atom. The van der Waals surface area contributed by atoms with Crippen LogP contribution in [0, 0.1) is 0 Å². The van der Waals surface area contributed by atoms with Gasteiger partial charge in [-0.15, -0.1) is 0 Å². The molecule has 166 valence electrons. The Kier molecular flexibility index (Phi) is 8.72. The molecular weight excluding hydrogens is 400 g/mol. The highest BCUT2D eigenvalue weighted by Gasteiger charge is 2.19. The fourth-order valence-electron chi connectivity index (χ4n) is 3.73. The number of ether oxygens (including phenoxy) is 1. The normalized spacial score (nSPS) is 20.7. The average molecular weight is 435 g/mol. The van der Waals surface area contributed by atoms with Crippen molar-refractivity contribution in [3.05, 3.63) is 42.0 Å². The van der Waals surface area contributed by atoms with E-state index in [1.807, 2.05) is 13.0 Å². The third-order valence-corrected chi connectivity index (χ3v) is 6.74. The van der Waals surface area contributed by atoms with Crippen molar-refractivity contribution in [1.82, 2.24) is 14.9 Å². The molecule has 0 amide bonds. The Hall–Kier alpha value is -1.90. The van der Waals surface area contributed by atoms with Crippen LogP contribution < -0.4 is 10.0 Å². The second kappa shape index (κ2) is 11.5. The highest BCUT2D eigenvalue weighted by molar-refractivity contribution is 7.89. The van der Waals surface area contributed by atoms with E-state index in [-0.39, 0.29) is 18.4 Å². The third-order valence-electron chi connectivity index (χ3n) is 5.41. The monoisotopic (exact) mass is 434 g/mol. The molecule has 0 radical (unpaired) electrons. The number of nitrogens with zero attached hydrogens (tertiary/aromatic N) is 2. The molecule has 2 heterocycles. The maximum atomic E-state index is 12.3. The molecular formula is C22H34N4O3S. The minimum Gasteiger partial charge on any atom is -0.377 e. The quantitative estimate of drug-likeness (QED) is 0.484. The van der Waals surface area contributed by atoms with E-state index >= 15 is 0 Å². The van der Waals surface area contributed by atoms with Crippen LogP contribution in [0.4, 0.5) is 0 Å². The number of hydrogen-bond acceptors (Lipinski definition) is 4. The van der Waals surface area contributed by atoms with Crippen molar-refractivity contribution in [2.75, 3.05) is 45.1 Å². The van der Waals surface area contributed by atoms with Gasteiger partial charge in [0, 0.05) is 32.8 Å². The van der Waals surface area contributed by atoms with Crippen LogP contribution in [0.3, 0.4) is 0 Å². The Bertz CT molecular complexity index is 818. The van der Waals surface area contributed by atoms with E-state index in [0.29, 0.717) is 6.54 Å². The molecule has 2 aliphatic heterocycles. The molecule has 0 bridgehead atoms. The zero-order valence-electron chi connectivity index (χ0n) is 17.8. The van der Waals surface area contributed by atoms with Crippen molar-refractivity contribution in [3.8, 4) is 0 Å². The molecule has 8 heteroatoms. The van der Waals surface area contributed by atoms with Crippen molar-refractivity contribution < 1.29 is 13.2 Å². The van der Waals surface area contributed by atoms with E-state index in [9.17, 15) is 8.42 Å². The van der Waals surface area contributed by atoms with Crippen molar-refractivity contribution in [1.29, 1.82) is 0 Å². The molecule has 0 aromatic heterocycles. The lowest BCUT2D eigenvalue weighted by molar-refractivity contribution is 0.0200. The Balaban J connectivity index is 1.51. The first-order valence-electron chi connectivity index (χ1n) is 10.9. The van der Waals surface area contributed by atoms with E-state index in [1.54, 1.807) is 0 Å². The van der Waals surface area contributed by atoms with Gasteiger partial charge >= 0.3 is 0 Å². The third kappa shape index (κ3) is 7.11. The molecule has 1 atom stereocenters. The van der Waals surface area contributed by atoms with E-state index in [2.05, 4.69) is 50.3 Å². The number of guanidine groups is 1. The van der Waals surface area contributed by atoms with Crippen molar-refractivity contribution in [2.24, 2.45) is 4.99 Å². The van der Waals surface area contributed by atoms with Crippen LogP contribution in [-0.4, -0.2) is 70.5 Å². The molecule has 0 spiro atoms. The van der Waals surface area contributed by atoms with E-state index < -0.39 is 10.0 Å². The number of aliphatic imine (C=N–C) groups is 1. The highest BCUT2D eigenvalue weighted by atomic mass is 32.2. The zero-order chi connectivity index (χ0) is 21.2. The maximum Gasteiger partial charge on any atom is 0.213 e. The topological polar surface area (TPSA) is 83.0 Å². The summed E-state index contributed by atoms with van der Waals surface area (Å²) in [7, 11) is -3.36. The lowest BCUT2D eigenvalue weighted by atomic mass is 10.00. The van der Waals surface area contributed by atoms with Gasteiger partial charge in [-0.3, -0.25) is 4.99 Å². The summed E-state index contributed by atoms with van der Waals surface area (Å²) in [6.45, 7) is 5.69. The zero-order valence-corrected chi connectivity index (χ0v) is 18.7. The SMILES string of the molecule is CCNC(=NCCS(=O)(=O)NCC1CCCCO1)N1CC=C(c2ccccc2)CC1. The molecule has 1 aromatic carbocycles. The Labute approximate surface area is 180 Å². The summed E-state index contributed by atoms with van der Waals surface area (Å²) in [6.07, 6.45) is 6.24. The smallest absolute Gasteiger partial charge is 0.213 e. The molecule has 3 rings (SSSR count). The van der Waals surface area contributed by atoms with Gasteiger partial charge < -0.3 is 15.0 Å². The van der Waals surface area contributed by atoms with Crippen molar-refractivity contribution >= 4 is 21.6 Å². The number of nitrogens with one attached hydrogen (secondary N) is 2. The molecule has 2 N–H and O–H groups in total. The van der Waals surface area contributed by atoms with Crippen LogP contribution in [0.25, 0.3) is 5.57 Å². The summed E-state index contributed by atoms with van der Waals surface area (Å²) in [6, 6.07) is 10.4. The Morgan fingerprint density at radius 1 is 1.27 bits per heavy atom. The lowest BCUT2D eigenvalue weighted by Gasteiger charge is -2.30. The largest absolute Gasteiger partial charge is 0.377 e. The molecule has 0 aliphatic carbocycles. The summed E-state index contributed by atoms with van der Waals surface area (Å²) in [5.41, 5.74) is 2.61. The molecule has 7 nitrogen and oxygen atoms in total. The standard InChI is InChI=1S/C22H34N4O3S/c1-2-23-22(26-14-11-20(12-15-26)19-8-4-3-5-9-19)24-13-17-30(27,28)25-18-21-10-6-7-16-29-21/h3-5,8-9,11,21,25H,2,6-7,10,12-18H2,1H3,(H,23,24). The van der Waals surface area contributed by atoms with Gasteiger partial charge in [-0.05, 0) is 43.7 Å². The molecule has 0 saturated carbocycles. The minimum atomic E-state index is -3.36. The molecule has 2 aliphatic rings. The first kappa shape index (κ1) is 22.8. The summed E-state index contributed by atoms with van der Waals surface area (Å²) in [5.74, 6) is 0.750. The number of sulfonamides is 1. The van der Waals surface area contributed by atoms with Crippen LogP contribution >= 0.6 is 0 Å². The first-order chi connectivity index (χ1) is 14.6. The van der Waals surface area contributed by atoms with Crippen molar-refractivity contribution in [2.45, 2.75) is 38.7 Å². The van der Waals surface area contributed by atoms with Gasteiger partial charge in [0.25, 0.3) is 0 Å². The van der Waals surface area contributed by atoms with E-state index in [1.165, 1.54) is 11.1 Å². The van der Waals surface area contributed by atoms with Crippen LogP contribution in [0.1, 0.15) is 38.2 Å². The Morgan fingerprint density at radius 3 is 2.77 bits per heavy atom. The lowest BCUT2D eigenvalue weighted by Crippen LogP contribution is -2.44. The second-order valence-corrected chi connectivity index (χ2v) is 9.61. The van der Waals surface area contributed by atoms with Gasteiger partial charge in [0.1, 0.15) is 0 Å². The van der Waals surface area contributed by atoms with Crippen LogP contribution in [0.2, 0.25) is 0 Å². The minimum absolute atomic E-state index is 0.00621. The summed E-state index contributed by atoms with van der Waals surface area (Å²) in [5, 5.41) is 3.29. The molecule has 30 heavy (non-hydrogen) atoms. The van der Waals surface area contributed by atoms with E-state index in [0.717, 1.165) is 57.9 Å². The van der Waals surface area contributed by atoms with Gasteiger partial charge in [0.05, 0.1) is 18.4 Å². The summed E-state index contributed by atoms with van der Waals surface area (Å²) in [4.78, 5) is 6.74. The average Bonchev–Trinajstić information content (AvgIpc) is 2.79. The predicted octanol–water partition coefficient (Wildman–Crippen LogP) is 2.23. The van der Waals surface area contributed by atoms with Crippen LogP contribution in [0.5, 0.6) is 0 Å². The predicted molar refractivity (Wildman–Crippen MR) is 122 cm³/mol. The molecule has 1 unspecified atom stereocenters. The number of benzene rings is 1. The van der Waals surface area contributed by atoms with Gasteiger partial charge in [0.15, 0.2) is 5.96 Å². The molecule has 1 fully saturated rings. The first-order valence-corrected chi connectivity index (χ1v) is 12.6. The molecule has 1 saturated heterocycles. The fourth-order valence-corrected chi connectivity index (χ4v) is 4.65.